The van der Waals surface area contributed by atoms with E-state index >= 15 is 0 Å². The molecule has 4 aliphatic rings. The number of piperidine rings is 1. The third kappa shape index (κ3) is 2.98. The number of amides is 1. The number of Topliss-reactive ketones (excluding diaryl/α,β-unsaturated/α-hetero) is 1. The Morgan fingerprint density at radius 1 is 1.03 bits per heavy atom. The molecule has 1 N–H and O–H groups in total. The molecule has 4 rings (SSSR count). The van der Waals surface area contributed by atoms with Gasteiger partial charge < -0.3 is 9.74 Å². The van der Waals surface area contributed by atoms with Crippen LogP contribution in [0.2, 0.25) is 18.1 Å². The minimum atomic E-state index is -2.05. The molecule has 29 heavy (non-hydrogen) atoms. The maximum Gasteiger partial charge on any atom is 0.250 e. The lowest BCUT2D eigenvalue weighted by molar-refractivity contribution is -0.127. The zero-order chi connectivity index (χ0) is 21.4. The number of rotatable bonds is 2. The van der Waals surface area contributed by atoms with Crippen LogP contribution in [0.1, 0.15) is 73.1 Å². The molecule has 1 aliphatic heterocycles. The molecule has 160 valence electrons. The minimum Gasteiger partial charge on any atom is -0.543 e. The number of allylic oxidation sites excluding steroid dienone is 3. The lowest BCUT2D eigenvalue weighted by Crippen LogP contribution is -2.51. The largest absolute Gasteiger partial charge is 0.543 e. The highest BCUT2D eigenvalue weighted by Gasteiger charge is 2.58. The molecule has 5 heteroatoms. The number of carbonyl (C=O) groups excluding carboxylic acids is 2. The fourth-order valence-electron chi connectivity index (χ4n) is 5.89. The summed E-state index contributed by atoms with van der Waals surface area (Å²) in [5, 5.41) is 3.27. The van der Waals surface area contributed by atoms with Crippen LogP contribution in [0.25, 0.3) is 0 Å². The van der Waals surface area contributed by atoms with E-state index in [-0.39, 0.29) is 27.7 Å². The van der Waals surface area contributed by atoms with Crippen molar-refractivity contribution in [2.45, 2.75) is 91.3 Å². The van der Waals surface area contributed by atoms with Crippen LogP contribution in [-0.2, 0) is 14.0 Å². The van der Waals surface area contributed by atoms with Crippen molar-refractivity contribution < 1.29 is 14.0 Å². The molecule has 1 amide bonds. The van der Waals surface area contributed by atoms with E-state index in [0.29, 0.717) is 24.5 Å². The zero-order valence-corrected chi connectivity index (χ0v) is 20.2. The van der Waals surface area contributed by atoms with Crippen LogP contribution < -0.4 is 5.32 Å². The first-order valence-corrected chi connectivity index (χ1v) is 14.2. The van der Waals surface area contributed by atoms with Crippen LogP contribution in [-0.4, -0.2) is 20.0 Å². The molecule has 0 aromatic rings. The molecule has 0 aromatic heterocycles. The second kappa shape index (κ2) is 6.32. The van der Waals surface area contributed by atoms with Gasteiger partial charge in [-0.2, -0.15) is 0 Å². The van der Waals surface area contributed by atoms with Crippen LogP contribution >= 0.6 is 0 Å². The van der Waals surface area contributed by atoms with Gasteiger partial charge in [0.25, 0.3) is 0 Å². The lowest BCUT2D eigenvalue weighted by Gasteiger charge is -2.53. The van der Waals surface area contributed by atoms with Gasteiger partial charge in [0.1, 0.15) is 11.5 Å². The topological polar surface area (TPSA) is 55.4 Å². The van der Waals surface area contributed by atoms with Crippen LogP contribution in [0.4, 0.5) is 0 Å². The molecule has 1 heterocycles. The summed E-state index contributed by atoms with van der Waals surface area (Å²) in [6, 6.07) is 0. The predicted molar refractivity (Wildman–Crippen MR) is 117 cm³/mol. The highest BCUT2D eigenvalue weighted by molar-refractivity contribution is 6.74. The summed E-state index contributed by atoms with van der Waals surface area (Å²) < 4.78 is 6.91. The van der Waals surface area contributed by atoms with Gasteiger partial charge in [-0.05, 0) is 67.3 Å². The molecule has 0 aromatic carbocycles. The van der Waals surface area contributed by atoms with Gasteiger partial charge in [0.05, 0.1) is 0 Å². The van der Waals surface area contributed by atoms with Crippen molar-refractivity contribution in [3.63, 3.8) is 0 Å². The van der Waals surface area contributed by atoms with Crippen LogP contribution in [0.15, 0.2) is 23.1 Å². The number of carbonyl (C=O) groups is 2. The minimum absolute atomic E-state index is 0.0590. The van der Waals surface area contributed by atoms with Crippen LogP contribution in [0.5, 0.6) is 0 Å². The summed E-state index contributed by atoms with van der Waals surface area (Å²) in [5.41, 5.74) is 2.12. The molecule has 4 nitrogen and oxygen atoms in total. The first-order valence-electron chi connectivity index (χ1n) is 11.3. The normalized spacial score (nSPS) is 37.4. The van der Waals surface area contributed by atoms with Crippen molar-refractivity contribution in [2.24, 2.45) is 22.7 Å². The molecule has 3 fully saturated rings. The van der Waals surface area contributed by atoms with E-state index in [1.54, 1.807) is 0 Å². The smallest absolute Gasteiger partial charge is 0.250 e. The Balaban J connectivity index is 1.87. The molecule has 1 saturated heterocycles. The van der Waals surface area contributed by atoms with E-state index in [1.807, 2.05) is 0 Å². The summed E-state index contributed by atoms with van der Waals surface area (Å²) in [6.07, 6.45) is 7.18. The number of nitrogens with one attached hydrogen (secondary N) is 1. The van der Waals surface area contributed by atoms with Gasteiger partial charge in [-0.1, -0.05) is 34.6 Å². The first-order chi connectivity index (χ1) is 13.3. The van der Waals surface area contributed by atoms with E-state index in [4.69, 9.17) is 4.43 Å². The number of fused-ring (bicyclic) bond motifs is 5. The Bertz CT molecular complexity index is 834. The standard InChI is InChI=1S/C24H37NO3Si/c1-22(2,3)29(6,7)28-17-14-18-23(4,13-11-20(27)25-18)16-10-12-24(5)15(21(16)17)8-9-19(24)26/h14-16H,8-13H2,1-7H3,(H,25,27)/t15-,16+,23+,24-/m0/s1. The Hall–Kier alpha value is -1.36. The van der Waals surface area contributed by atoms with Gasteiger partial charge in [-0.25, -0.2) is 0 Å². The van der Waals surface area contributed by atoms with Crippen molar-refractivity contribution in [3.8, 4) is 0 Å². The molecule has 4 atom stereocenters. The predicted octanol–water partition coefficient (Wildman–Crippen LogP) is 5.47. The first kappa shape index (κ1) is 20.9. The Kier molecular flexibility index (Phi) is 4.55. The number of ketones is 1. The van der Waals surface area contributed by atoms with Crippen molar-refractivity contribution in [1.29, 1.82) is 0 Å². The molecule has 0 bridgehead atoms. The van der Waals surface area contributed by atoms with Crippen molar-refractivity contribution in [1.82, 2.24) is 5.32 Å². The third-order valence-electron chi connectivity index (χ3n) is 9.03. The fourth-order valence-corrected chi connectivity index (χ4v) is 6.92. The highest BCUT2D eigenvalue weighted by Crippen LogP contribution is 2.62. The van der Waals surface area contributed by atoms with E-state index in [2.05, 4.69) is 59.1 Å². The highest BCUT2D eigenvalue weighted by atomic mass is 28.4. The van der Waals surface area contributed by atoms with Gasteiger partial charge in [0, 0.05) is 29.4 Å². The average Bonchev–Trinajstić information content (AvgIpc) is 2.90. The lowest BCUT2D eigenvalue weighted by atomic mass is 9.53. The van der Waals surface area contributed by atoms with E-state index < -0.39 is 8.32 Å². The van der Waals surface area contributed by atoms with Gasteiger partial charge in [-0.15, -0.1) is 0 Å². The van der Waals surface area contributed by atoms with E-state index in [0.717, 1.165) is 37.1 Å². The van der Waals surface area contributed by atoms with Gasteiger partial charge in [0.2, 0.25) is 14.2 Å². The molecular formula is C24H37NO3Si. The number of hydrogen-bond donors (Lipinski definition) is 1. The van der Waals surface area contributed by atoms with Gasteiger partial charge >= 0.3 is 0 Å². The zero-order valence-electron chi connectivity index (χ0n) is 19.2. The number of hydrogen-bond acceptors (Lipinski definition) is 3. The fraction of sp³-hybridized carbons (Fsp3) is 0.750. The third-order valence-corrected chi connectivity index (χ3v) is 13.4. The maximum absolute atomic E-state index is 12.8. The van der Waals surface area contributed by atoms with E-state index in [1.165, 1.54) is 5.57 Å². The van der Waals surface area contributed by atoms with Crippen molar-refractivity contribution >= 4 is 20.0 Å². The van der Waals surface area contributed by atoms with Crippen molar-refractivity contribution in [3.05, 3.63) is 23.1 Å². The van der Waals surface area contributed by atoms with Crippen molar-refractivity contribution in [2.75, 3.05) is 0 Å². The Morgan fingerprint density at radius 3 is 2.34 bits per heavy atom. The van der Waals surface area contributed by atoms with Crippen LogP contribution in [0.3, 0.4) is 0 Å². The summed E-state index contributed by atoms with van der Waals surface area (Å²) >= 11 is 0. The van der Waals surface area contributed by atoms with E-state index in [9.17, 15) is 9.59 Å². The monoisotopic (exact) mass is 415 g/mol. The quantitative estimate of drug-likeness (QED) is 0.608. The second-order valence-electron chi connectivity index (χ2n) is 11.7. The van der Waals surface area contributed by atoms with Gasteiger partial charge in [0.15, 0.2) is 0 Å². The molecular weight excluding hydrogens is 378 g/mol. The summed E-state index contributed by atoms with van der Waals surface area (Å²) in [4.78, 5) is 25.0. The molecule has 3 aliphatic carbocycles. The second-order valence-corrected chi connectivity index (χ2v) is 16.5. The summed E-state index contributed by atoms with van der Waals surface area (Å²) in [7, 11) is -2.05. The molecule has 0 radical (unpaired) electrons. The maximum atomic E-state index is 12.8. The molecule has 2 saturated carbocycles. The Labute approximate surface area is 176 Å². The summed E-state index contributed by atoms with van der Waals surface area (Å²) in [6.45, 7) is 15.8. The summed E-state index contributed by atoms with van der Waals surface area (Å²) in [5.74, 6) is 2.15. The molecule has 0 spiro atoms. The Morgan fingerprint density at radius 2 is 1.69 bits per heavy atom. The SMILES string of the molecule is CC(C)(C)[Si](C)(C)OC1=C2[C@@H](CC[C@]3(C)C(=O)CC[C@@H]23)[C@@]2(C)CCC(=O)NC2=C1. The van der Waals surface area contributed by atoms with Gasteiger partial charge in [-0.3, -0.25) is 9.59 Å². The van der Waals surface area contributed by atoms with Crippen LogP contribution in [0, 0.1) is 22.7 Å². The average molecular weight is 416 g/mol. The molecule has 0 unspecified atom stereocenters.